The van der Waals surface area contributed by atoms with E-state index < -0.39 is 0 Å². The number of aryl methyl sites for hydroxylation is 1. The molecule has 6 rings (SSSR count). The number of hydrogen-bond acceptors (Lipinski definition) is 2. The van der Waals surface area contributed by atoms with E-state index in [2.05, 4.69) is 163 Å². The van der Waals surface area contributed by atoms with E-state index in [0.29, 0.717) is 0 Å². The molecule has 52 heavy (non-hydrogen) atoms. The maximum atomic E-state index is 6.65. The summed E-state index contributed by atoms with van der Waals surface area (Å²) >= 11 is 0. The lowest BCUT2D eigenvalue weighted by atomic mass is 9.68. The van der Waals surface area contributed by atoms with Crippen molar-refractivity contribution in [3.63, 3.8) is 0 Å². The third-order valence-corrected chi connectivity index (χ3v) is 11.0. The maximum absolute atomic E-state index is 6.65. The van der Waals surface area contributed by atoms with Gasteiger partial charge in [0, 0.05) is 16.2 Å². The summed E-state index contributed by atoms with van der Waals surface area (Å²) in [6.45, 7) is 13.6. The summed E-state index contributed by atoms with van der Waals surface area (Å²) < 4.78 is 13.2. The number of hydrogen-bond donors (Lipinski definition) is 0. The monoisotopic (exact) mass is 690 g/mol. The van der Waals surface area contributed by atoms with Gasteiger partial charge in [0.1, 0.15) is 23.0 Å². The van der Waals surface area contributed by atoms with E-state index in [1.54, 1.807) is 0 Å². The fourth-order valence-corrected chi connectivity index (χ4v) is 8.04. The molecule has 0 aliphatic rings. The SMILES string of the molecule is CCCCCCCC(CCCCC)(c1ccc(Oc2ccc(C)c3ccccc23)cc1)c1ccc(Oc2ccc(C(C)(C)C)c3ccccc23)cc1. The Bertz CT molecular complexity index is 2050. The number of fused-ring (bicyclic) bond motifs is 2. The van der Waals surface area contributed by atoms with Crippen molar-refractivity contribution in [2.45, 2.75) is 117 Å². The van der Waals surface area contributed by atoms with Gasteiger partial charge in [-0.2, -0.15) is 0 Å². The van der Waals surface area contributed by atoms with Gasteiger partial charge in [-0.25, -0.2) is 0 Å². The quantitative estimate of drug-likeness (QED) is 0.0941. The Labute approximate surface area is 313 Å². The van der Waals surface area contributed by atoms with Crippen LogP contribution in [0, 0.1) is 6.92 Å². The molecule has 270 valence electrons. The molecule has 6 aromatic carbocycles. The van der Waals surface area contributed by atoms with Crippen LogP contribution in [0.4, 0.5) is 0 Å². The van der Waals surface area contributed by atoms with Crippen molar-refractivity contribution in [3.8, 4) is 23.0 Å². The second-order valence-corrected chi connectivity index (χ2v) is 15.8. The van der Waals surface area contributed by atoms with E-state index in [0.717, 1.165) is 46.6 Å². The molecule has 0 saturated heterocycles. The Balaban J connectivity index is 1.33. The van der Waals surface area contributed by atoms with Crippen LogP contribution in [0.15, 0.2) is 121 Å². The number of unbranched alkanes of at least 4 members (excludes halogenated alkanes) is 6. The predicted octanol–water partition coefficient (Wildman–Crippen LogP) is 15.4. The summed E-state index contributed by atoms with van der Waals surface area (Å²) in [5, 5.41) is 4.79. The molecule has 1 atom stereocenters. The van der Waals surface area contributed by atoms with Crippen LogP contribution in [0.2, 0.25) is 0 Å². The molecular formula is C50H58O2. The molecule has 0 N–H and O–H groups in total. The highest BCUT2D eigenvalue weighted by molar-refractivity contribution is 5.92. The van der Waals surface area contributed by atoms with Crippen molar-refractivity contribution in [3.05, 3.63) is 144 Å². The number of benzene rings is 6. The standard InChI is InChI=1S/C50H58O2/c1-7-9-11-12-18-36-50(35-17-10-8-2,38-24-28-40(29-25-38)51-47-33-23-37(3)42-19-13-15-21-44(42)47)39-26-30-41(31-27-39)52-48-34-32-46(49(4,5)6)43-20-14-16-22-45(43)48/h13-16,19-34H,7-12,17-18,35-36H2,1-6H3. The normalized spacial score (nSPS) is 13.0. The molecule has 0 spiro atoms. The summed E-state index contributed by atoms with van der Waals surface area (Å²) in [4.78, 5) is 0. The third kappa shape index (κ3) is 8.39. The third-order valence-electron chi connectivity index (χ3n) is 11.0. The average Bonchev–Trinajstić information content (AvgIpc) is 3.16. The lowest BCUT2D eigenvalue weighted by Gasteiger charge is -2.36. The van der Waals surface area contributed by atoms with E-state index >= 15 is 0 Å². The van der Waals surface area contributed by atoms with Crippen LogP contribution in [0.3, 0.4) is 0 Å². The van der Waals surface area contributed by atoms with E-state index in [1.807, 2.05) is 0 Å². The highest BCUT2D eigenvalue weighted by Crippen LogP contribution is 2.44. The zero-order valence-electron chi connectivity index (χ0n) is 32.4. The van der Waals surface area contributed by atoms with Gasteiger partial charge in [-0.05, 0) is 94.6 Å². The van der Waals surface area contributed by atoms with Gasteiger partial charge in [-0.1, -0.05) is 171 Å². The molecule has 0 bridgehead atoms. The summed E-state index contributed by atoms with van der Waals surface area (Å²) in [7, 11) is 0. The highest BCUT2D eigenvalue weighted by atomic mass is 16.5. The van der Waals surface area contributed by atoms with Gasteiger partial charge < -0.3 is 9.47 Å². The highest BCUT2D eigenvalue weighted by Gasteiger charge is 2.33. The molecule has 0 aliphatic heterocycles. The van der Waals surface area contributed by atoms with Crippen molar-refractivity contribution in [1.29, 1.82) is 0 Å². The molecule has 0 amide bonds. The molecule has 0 fully saturated rings. The van der Waals surface area contributed by atoms with Crippen LogP contribution >= 0.6 is 0 Å². The van der Waals surface area contributed by atoms with Crippen molar-refractivity contribution in [2.24, 2.45) is 0 Å². The largest absolute Gasteiger partial charge is 0.457 e. The first-order chi connectivity index (χ1) is 25.2. The van der Waals surface area contributed by atoms with E-state index in [9.17, 15) is 0 Å². The molecule has 0 saturated carbocycles. The smallest absolute Gasteiger partial charge is 0.135 e. The molecule has 0 aromatic heterocycles. The first kappa shape index (κ1) is 37.2. The van der Waals surface area contributed by atoms with Crippen molar-refractivity contribution >= 4 is 21.5 Å². The fraction of sp³-hybridized carbons (Fsp3) is 0.360. The van der Waals surface area contributed by atoms with Crippen LogP contribution in [0.5, 0.6) is 23.0 Å². The van der Waals surface area contributed by atoms with Crippen LogP contribution in [-0.2, 0) is 10.8 Å². The molecule has 2 nitrogen and oxygen atoms in total. The number of rotatable bonds is 16. The Hall–Kier alpha value is -4.56. The Morgan fingerprint density at radius 2 is 0.885 bits per heavy atom. The minimum atomic E-state index is -0.0872. The maximum Gasteiger partial charge on any atom is 0.135 e. The molecule has 0 heterocycles. The van der Waals surface area contributed by atoms with E-state index in [-0.39, 0.29) is 10.8 Å². The minimum Gasteiger partial charge on any atom is -0.457 e. The lowest BCUT2D eigenvalue weighted by molar-refractivity contribution is 0.393. The topological polar surface area (TPSA) is 18.5 Å². The second-order valence-electron chi connectivity index (χ2n) is 15.8. The molecular weight excluding hydrogens is 633 g/mol. The van der Waals surface area contributed by atoms with E-state index in [4.69, 9.17) is 9.47 Å². The average molecular weight is 691 g/mol. The van der Waals surface area contributed by atoms with Crippen LogP contribution in [0.1, 0.15) is 121 Å². The Kier molecular flexibility index (Phi) is 12.1. The van der Waals surface area contributed by atoms with Crippen LogP contribution in [-0.4, -0.2) is 0 Å². The van der Waals surface area contributed by atoms with Gasteiger partial charge in [-0.15, -0.1) is 0 Å². The second kappa shape index (κ2) is 16.8. The molecule has 1 unspecified atom stereocenters. The van der Waals surface area contributed by atoms with Crippen molar-refractivity contribution < 1.29 is 9.47 Å². The van der Waals surface area contributed by atoms with Crippen molar-refractivity contribution in [2.75, 3.05) is 0 Å². The Morgan fingerprint density at radius 3 is 1.42 bits per heavy atom. The lowest BCUT2D eigenvalue weighted by Crippen LogP contribution is -2.28. The zero-order valence-corrected chi connectivity index (χ0v) is 32.4. The summed E-state index contributed by atoms with van der Waals surface area (Å²) in [5.41, 5.74) is 5.31. The molecule has 0 aliphatic carbocycles. The summed E-state index contributed by atoms with van der Waals surface area (Å²) in [5.74, 6) is 3.54. The fourth-order valence-electron chi connectivity index (χ4n) is 8.04. The van der Waals surface area contributed by atoms with Crippen molar-refractivity contribution in [1.82, 2.24) is 0 Å². The molecule has 6 aromatic rings. The zero-order chi connectivity index (χ0) is 36.6. The van der Waals surface area contributed by atoms with Crippen LogP contribution < -0.4 is 9.47 Å². The van der Waals surface area contributed by atoms with E-state index in [1.165, 1.54) is 84.4 Å². The summed E-state index contributed by atoms with van der Waals surface area (Å²) in [6, 6.07) is 43.8. The predicted molar refractivity (Wildman–Crippen MR) is 223 cm³/mol. The van der Waals surface area contributed by atoms with Gasteiger partial charge in [0.15, 0.2) is 0 Å². The summed E-state index contributed by atoms with van der Waals surface area (Å²) in [6.07, 6.45) is 12.2. The van der Waals surface area contributed by atoms with Crippen LogP contribution in [0.25, 0.3) is 21.5 Å². The minimum absolute atomic E-state index is 0.0524. The van der Waals surface area contributed by atoms with Gasteiger partial charge >= 0.3 is 0 Å². The molecule has 0 radical (unpaired) electrons. The van der Waals surface area contributed by atoms with Gasteiger partial charge in [-0.3, -0.25) is 0 Å². The van der Waals surface area contributed by atoms with Gasteiger partial charge in [0.2, 0.25) is 0 Å². The Morgan fingerprint density at radius 1 is 0.442 bits per heavy atom. The van der Waals surface area contributed by atoms with Gasteiger partial charge in [0.25, 0.3) is 0 Å². The first-order valence-electron chi connectivity index (χ1n) is 19.8. The van der Waals surface area contributed by atoms with Gasteiger partial charge in [0.05, 0.1) is 0 Å². The molecule has 2 heteroatoms. The first-order valence-corrected chi connectivity index (χ1v) is 19.8. The number of ether oxygens (including phenoxy) is 2.